The zero-order chi connectivity index (χ0) is 15.3. The van der Waals surface area contributed by atoms with Crippen molar-refractivity contribution in [3.8, 4) is 0 Å². The smallest absolute Gasteiger partial charge is 0.233 e. The molecule has 0 atom stereocenters. The monoisotopic (exact) mass is 323 g/mol. The lowest BCUT2D eigenvalue weighted by Gasteiger charge is -2.08. The molecule has 0 bridgehead atoms. The van der Waals surface area contributed by atoms with Gasteiger partial charge in [0.15, 0.2) is 0 Å². The van der Waals surface area contributed by atoms with Crippen molar-refractivity contribution in [2.75, 3.05) is 22.0 Å². The van der Waals surface area contributed by atoms with E-state index in [1.165, 1.54) is 18.0 Å². The minimum absolute atomic E-state index is 0.0138. The maximum Gasteiger partial charge on any atom is 0.233 e. The van der Waals surface area contributed by atoms with E-state index in [4.69, 9.17) is 5.73 Å². The van der Waals surface area contributed by atoms with E-state index in [0.717, 1.165) is 10.6 Å². The van der Waals surface area contributed by atoms with Gasteiger partial charge in [-0.1, -0.05) is 12.1 Å². The topological polar surface area (TPSA) is 85.1 Å². The Hall–Kier alpha value is -1.73. The van der Waals surface area contributed by atoms with Crippen LogP contribution in [0.2, 0.25) is 0 Å². The number of aromatic nitrogens is 1. The predicted molar refractivity (Wildman–Crippen MR) is 88.0 cm³/mol. The second-order valence-corrected chi connectivity index (χ2v) is 7.47. The Balaban J connectivity index is 1.90. The molecule has 0 fully saturated rings. The number of nitrogens with one attached hydrogen (secondary N) is 1. The fourth-order valence-corrected chi connectivity index (χ4v) is 4.05. The Morgan fingerprint density at radius 3 is 2.67 bits per heavy atom. The molecule has 1 aromatic heterocycles. The molecule has 0 saturated carbocycles. The van der Waals surface area contributed by atoms with Gasteiger partial charge in [0.05, 0.1) is 17.6 Å². The highest BCUT2D eigenvalue weighted by Crippen LogP contribution is 2.24. The van der Waals surface area contributed by atoms with Crippen LogP contribution in [0.15, 0.2) is 47.5 Å². The van der Waals surface area contributed by atoms with E-state index in [-0.39, 0.29) is 5.75 Å². The molecule has 0 aliphatic heterocycles. The van der Waals surface area contributed by atoms with Crippen LogP contribution in [-0.4, -0.2) is 24.9 Å². The van der Waals surface area contributed by atoms with Crippen LogP contribution < -0.4 is 10.5 Å². The van der Waals surface area contributed by atoms with Gasteiger partial charge in [-0.15, -0.1) is 11.8 Å². The molecule has 1 heterocycles. The lowest BCUT2D eigenvalue weighted by atomic mass is 10.3. The molecule has 3 N–H and O–H groups in total. The lowest BCUT2D eigenvalue weighted by Crippen LogP contribution is -2.18. The molecule has 0 radical (unpaired) electrons. The van der Waals surface area contributed by atoms with Gasteiger partial charge < -0.3 is 5.73 Å². The van der Waals surface area contributed by atoms with Crippen LogP contribution in [-0.2, 0) is 10.0 Å². The number of anilines is 2. The predicted octanol–water partition coefficient (Wildman–Crippen LogP) is 2.51. The average Bonchev–Trinajstić information content (AvgIpc) is 2.43. The van der Waals surface area contributed by atoms with Crippen LogP contribution >= 0.6 is 11.8 Å². The first-order valence-electron chi connectivity index (χ1n) is 6.37. The fourth-order valence-electron chi connectivity index (χ4n) is 1.63. The molecular formula is C14H17N3O2S2. The summed E-state index contributed by atoms with van der Waals surface area (Å²) in [5.41, 5.74) is 7.79. The minimum Gasteiger partial charge on any atom is -0.398 e. The van der Waals surface area contributed by atoms with Gasteiger partial charge in [-0.3, -0.25) is 9.71 Å². The lowest BCUT2D eigenvalue weighted by molar-refractivity contribution is 0.602. The number of pyridine rings is 1. The van der Waals surface area contributed by atoms with E-state index in [1.807, 2.05) is 25.1 Å². The SMILES string of the molecule is Cc1ccc(NS(=O)(=O)CCSc2ccccc2N)cn1. The van der Waals surface area contributed by atoms with Crippen molar-refractivity contribution >= 4 is 33.2 Å². The second kappa shape index (κ2) is 6.82. The Morgan fingerprint density at radius 1 is 1.24 bits per heavy atom. The molecule has 5 nitrogen and oxygen atoms in total. The van der Waals surface area contributed by atoms with Crippen molar-refractivity contribution in [1.29, 1.82) is 0 Å². The maximum absolute atomic E-state index is 12.0. The Morgan fingerprint density at radius 2 is 2.00 bits per heavy atom. The third-order valence-corrected chi connectivity index (χ3v) is 5.35. The molecule has 2 aromatic rings. The largest absolute Gasteiger partial charge is 0.398 e. The standard InChI is InChI=1S/C14H17N3O2S2/c1-11-6-7-12(10-16-11)17-21(18,19)9-8-20-14-5-3-2-4-13(14)15/h2-7,10,17H,8-9,15H2,1H3. The Kier molecular flexibility index (Phi) is 5.08. The van der Waals surface area contributed by atoms with Gasteiger partial charge in [0.1, 0.15) is 0 Å². The number of thioether (sulfide) groups is 1. The molecular weight excluding hydrogens is 306 g/mol. The molecule has 0 unspecified atom stereocenters. The number of benzene rings is 1. The average molecular weight is 323 g/mol. The van der Waals surface area contributed by atoms with E-state index in [0.29, 0.717) is 17.1 Å². The summed E-state index contributed by atoms with van der Waals surface area (Å²) in [5.74, 6) is 0.447. The van der Waals surface area contributed by atoms with Crippen molar-refractivity contribution in [2.24, 2.45) is 0 Å². The molecule has 0 spiro atoms. The van der Waals surface area contributed by atoms with Gasteiger partial charge in [-0.05, 0) is 31.2 Å². The number of rotatable bonds is 6. The molecule has 0 amide bonds. The summed E-state index contributed by atoms with van der Waals surface area (Å²) in [5, 5.41) is 0. The van der Waals surface area contributed by atoms with Gasteiger partial charge in [0, 0.05) is 22.0 Å². The van der Waals surface area contributed by atoms with Crippen molar-refractivity contribution in [3.05, 3.63) is 48.3 Å². The summed E-state index contributed by atoms with van der Waals surface area (Å²) in [6.45, 7) is 1.85. The number of para-hydroxylation sites is 1. The van der Waals surface area contributed by atoms with Crippen LogP contribution in [0.25, 0.3) is 0 Å². The maximum atomic E-state index is 12.0. The number of nitrogens with zero attached hydrogens (tertiary/aromatic N) is 1. The first-order chi connectivity index (χ1) is 9.96. The van der Waals surface area contributed by atoms with E-state index < -0.39 is 10.0 Å². The number of hydrogen-bond donors (Lipinski definition) is 2. The summed E-state index contributed by atoms with van der Waals surface area (Å²) < 4.78 is 26.5. The normalized spacial score (nSPS) is 11.3. The van der Waals surface area contributed by atoms with Crippen molar-refractivity contribution in [1.82, 2.24) is 4.98 Å². The van der Waals surface area contributed by atoms with Crippen molar-refractivity contribution < 1.29 is 8.42 Å². The first-order valence-corrected chi connectivity index (χ1v) is 9.00. The Labute approximate surface area is 129 Å². The molecule has 0 saturated heterocycles. The number of sulfonamides is 1. The minimum atomic E-state index is -3.38. The zero-order valence-corrected chi connectivity index (χ0v) is 13.2. The number of nitrogens with two attached hydrogens (primary N) is 1. The molecule has 0 aliphatic carbocycles. The third-order valence-electron chi connectivity index (χ3n) is 2.71. The van der Waals surface area contributed by atoms with Crippen molar-refractivity contribution in [3.63, 3.8) is 0 Å². The molecule has 1 aromatic carbocycles. The highest BCUT2D eigenvalue weighted by Gasteiger charge is 2.11. The van der Waals surface area contributed by atoms with E-state index in [1.54, 1.807) is 18.2 Å². The summed E-state index contributed by atoms with van der Waals surface area (Å²) in [6, 6.07) is 10.9. The van der Waals surface area contributed by atoms with E-state index in [9.17, 15) is 8.42 Å². The second-order valence-electron chi connectivity index (χ2n) is 4.50. The summed E-state index contributed by atoms with van der Waals surface area (Å²) >= 11 is 1.43. The van der Waals surface area contributed by atoms with E-state index >= 15 is 0 Å². The van der Waals surface area contributed by atoms with Crippen LogP contribution in [0.5, 0.6) is 0 Å². The van der Waals surface area contributed by atoms with Gasteiger partial charge >= 0.3 is 0 Å². The zero-order valence-electron chi connectivity index (χ0n) is 11.6. The van der Waals surface area contributed by atoms with Gasteiger partial charge in [-0.25, -0.2) is 8.42 Å². The molecule has 7 heteroatoms. The number of hydrogen-bond acceptors (Lipinski definition) is 5. The van der Waals surface area contributed by atoms with Gasteiger partial charge in [0.25, 0.3) is 0 Å². The summed E-state index contributed by atoms with van der Waals surface area (Å²) in [4.78, 5) is 4.95. The molecule has 0 aliphatic rings. The van der Waals surface area contributed by atoms with E-state index in [2.05, 4.69) is 9.71 Å². The third kappa shape index (κ3) is 4.95. The van der Waals surface area contributed by atoms with Crippen LogP contribution in [0.1, 0.15) is 5.69 Å². The summed E-state index contributed by atoms with van der Waals surface area (Å²) in [6.07, 6.45) is 1.51. The summed E-state index contributed by atoms with van der Waals surface area (Å²) in [7, 11) is -3.38. The number of nitrogen functional groups attached to an aromatic ring is 1. The highest BCUT2D eigenvalue weighted by molar-refractivity contribution is 8.01. The van der Waals surface area contributed by atoms with Crippen molar-refractivity contribution in [2.45, 2.75) is 11.8 Å². The van der Waals surface area contributed by atoms with Crippen LogP contribution in [0.3, 0.4) is 0 Å². The van der Waals surface area contributed by atoms with Gasteiger partial charge in [-0.2, -0.15) is 0 Å². The van der Waals surface area contributed by atoms with Crippen LogP contribution in [0, 0.1) is 6.92 Å². The Bertz CT molecular complexity index is 700. The molecule has 21 heavy (non-hydrogen) atoms. The van der Waals surface area contributed by atoms with Crippen LogP contribution in [0.4, 0.5) is 11.4 Å². The quantitative estimate of drug-likeness (QED) is 0.630. The van der Waals surface area contributed by atoms with Gasteiger partial charge in [0.2, 0.25) is 10.0 Å². The highest BCUT2D eigenvalue weighted by atomic mass is 32.2. The molecule has 2 rings (SSSR count). The number of aryl methyl sites for hydroxylation is 1. The fraction of sp³-hybridized carbons (Fsp3) is 0.214. The first kappa shape index (κ1) is 15.7. The molecule has 112 valence electrons.